The lowest BCUT2D eigenvalue weighted by atomic mass is 10.3. The zero-order valence-electron chi connectivity index (χ0n) is 9.60. The molecule has 90 valence electrons. The van der Waals surface area contributed by atoms with E-state index < -0.39 is 0 Å². The third-order valence-electron chi connectivity index (χ3n) is 2.72. The number of hydrogen-bond donors (Lipinski definition) is 1. The molecule has 0 spiro atoms. The van der Waals surface area contributed by atoms with Crippen LogP contribution in [0.1, 0.15) is 16.9 Å². The molecular weight excluding hydrogens is 236 g/mol. The number of rotatable bonds is 2. The van der Waals surface area contributed by atoms with E-state index >= 15 is 0 Å². The fraction of sp³-hybridized carbons (Fsp3) is 0.417. The van der Waals surface area contributed by atoms with Gasteiger partial charge in [-0.25, -0.2) is 4.98 Å². The number of aryl methyl sites for hydroxylation is 1. The van der Waals surface area contributed by atoms with Gasteiger partial charge in [-0.1, -0.05) is 0 Å². The number of nitrogens with one attached hydrogen (secondary N) is 1. The average Bonchev–Trinajstić information content (AvgIpc) is 2.98. The topological polar surface area (TPSA) is 47.3 Å². The van der Waals surface area contributed by atoms with E-state index in [1.165, 1.54) is 0 Å². The summed E-state index contributed by atoms with van der Waals surface area (Å²) < 4.78 is 11.2. The molecule has 2 aromatic rings. The molecule has 0 radical (unpaired) electrons. The van der Waals surface area contributed by atoms with E-state index in [9.17, 15) is 0 Å². The highest BCUT2D eigenvalue weighted by Crippen LogP contribution is 2.28. The monoisotopic (exact) mass is 250 g/mol. The summed E-state index contributed by atoms with van der Waals surface area (Å²) in [5.74, 6) is 1.74. The van der Waals surface area contributed by atoms with Gasteiger partial charge in [-0.05, 0) is 19.1 Å². The summed E-state index contributed by atoms with van der Waals surface area (Å²) in [7, 11) is 0. The van der Waals surface area contributed by atoms with Gasteiger partial charge >= 0.3 is 0 Å². The van der Waals surface area contributed by atoms with Crippen LogP contribution in [0.15, 0.2) is 21.9 Å². The van der Waals surface area contributed by atoms with Crippen molar-refractivity contribution in [2.24, 2.45) is 0 Å². The fourth-order valence-electron chi connectivity index (χ4n) is 1.84. The second-order valence-electron chi connectivity index (χ2n) is 4.04. The summed E-state index contributed by atoms with van der Waals surface area (Å²) in [4.78, 5) is 4.58. The number of morpholine rings is 1. The van der Waals surface area contributed by atoms with Crippen molar-refractivity contribution in [3.05, 3.63) is 28.3 Å². The van der Waals surface area contributed by atoms with Gasteiger partial charge in [0.1, 0.15) is 22.6 Å². The van der Waals surface area contributed by atoms with Gasteiger partial charge in [0.15, 0.2) is 5.76 Å². The van der Waals surface area contributed by atoms with Gasteiger partial charge in [-0.3, -0.25) is 0 Å². The third kappa shape index (κ3) is 2.26. The first-order valence-electron chi connectivity index (χ1n) is 5.67. The summed E-state index contributed by atoms with van der Waals surface area (Å²) in [5, 5.41) is 6.34. The van der Waals surface area contributed by atoms with Crippen LogP contribution in [0, 0.1) is 6.92 Å². The highest BCUT2D eigenvalue weighted by Gasteiger charge is 2.19. The minimum Gasteiger partial charge on any atom is -0.460 e. The number of nitrogens with zero attached hydrogens (tertiary/aromatic N) is 1. The van der Waals surface area contributed by atoms with E-state index in [0.717, 1.165) is 41.9 Å². The zero-order valence-corrected chi connectivity index (χ0v) is 10.4. The van der Waals surface area contributed by atoms with Crippen LogP contribution in [0.2, 0.25) is 0 Å². The molecule has 4 nitrogen and oxygen atoms in total. The summed E-state index contributed by atoms with van der Waals surface area (Å²) in [5.41, 5.74) is 0.896. The largest absolute Gasteiger partial charge is 0.460 e. The van der Waals surface area contributed by atoms with Gasteiger partial charge < -0.3 is 14.5 Å². The normalized spacial score (nSPS) is 20.6. The van der Waals surface area contributed by atoms with Crippen molar-refractivity contribution in [2.75, 3.05) is 19.7 Å². The Morgan fingerprint density at radius 2 is 2.41 bits per heavy atom. The summed E-state index contributed by atoms with van der Waals surface area (Å²) >= 11 is 1.62. The highest BCUT2D eigenvalue weighted by molar-refractivity contribution is 7.10. The van der Waals surface area contributed by atoms with Crippen molar-refractivity contribution in [3.63, 3.8) is 0 Å². The molecule has 0 saturated carbocycles. The molecule has 5 heteroatoms. The first kappa shape index (κ1) is 11.0. The van der Waals surface area contributed by atoms with Crippen molar-refractivity contribution in [2.45, 2.75) is 13.0 Å². The quantitative estimate of drug-likeness (QED) is 0.889. The fourth-order valence-corrected chi connectivity index (χ4v) is 2.70. The Labute approximate surface area is 104 Å². The highest BCUT2D eigenvalue weighted by atomic mass is 32.1. The predicted octanol–water partition coefficient (Wildman–Crippen LogP) is 2.37. The van der Waals surface area contributed by atoms with Crippen molar-refractivity contribution in [3.8, 4) is 11.5 Å². The average molecular weight is 250 g/mol. The van der Waals surface area contributed by atoms with Crippen molar-refractivity contribution in [1.82, 2.24) is 10.3 Å². The second-order valence-corrected chi connectivity index (χ2v) is 4.93. The van der Waals surface area contributed by atoms with Gasteiger partial charge in [0.2, 0.25) is 0 Å². The molecule has 1 unspecified atom stereocenters. The maximum absolute atomic E-state index is 5.67. The molecule has 3 rings (SSSR count). The van der Waals surface area contributed by atoms with Gasteiger partial charge in [-0.2, -0.15) is 0 Å². The van der Waals surface area contributed by atoms with E-state index in [4.69, 9.17) is 9.15 Å². The smallest absolute Gasteiger partial charge is 0.153 e. The zero-order chi connectivity index (χ0) is 11.7. The summed E-state index contributed by atoms with van der Waals surface area (Å²) in [6, 6.07) is 3.90. The molecule has 0 aromatic carbocycles. The molecule has 0 amide bonds. The molecule has 17 heavy (non-hydrogen) atoms. The predicted molar refractivity (Wildman–Crippen MR) is 66.1 cm³/mol. The number of thiazole rings is 1. The van der Waals surface area contributed by atoms with Crippen molar-refractivity contribution < 1.29 is 9.15 Å². The van der Waals surface area contributed by atoms with Crippen LogP contribution >= 0.6 is 11.3 Å². The minimum absolute atomic E-state index is 0.0820. The molecule has 1 saturated heterocycles. The van der Waals surface area contributed by atoms with Crippen LogP contribution < -0.4 is 5.32 Å². The van der Waals surface area contributed by atoms with E-state index in [1.807, 2.05) is 24.4 Å². The molecule has 1 N–H and O–H groups in total. The van der Waals surface area contributed by atoms with Gasteiger partial charge in [-0.15, -0.1) is 11.3 Å². The standard InChI is InChI=1S/C12H14N2O2S/c1-8-2-3-10(16-8)9-7-17-12(14-9)11-6-13-4-5-15-11/h2-3,7,11,13H,4-6H2,1H3. The molecule has 0 bridgehead atoms. The SMILES string of the molecule is Cc1ccc(-c2csc(C3CNCCO3)n2)o1. The molecule has 1 atom stereocenters. The minimum atomic E-state index is 0.0820. The molecule has 1 fully saturated rings. The Morgan fingerprint density at radius 3 is 3.12 bits per heavy atom. The van der Waals surface area contributed by atoms with E-state index in [-0.39, 0.29) is 6.10 Å². The Hall–Kier alpha value is -1.17. The summed E-state index contributed by atoms with van der Waals surface area (Å²) in [6.07, 6.45) is 0.0820. The first-order valence-corrected chi connectivity index (χ1v) is 6.55. The van der Waals surface area contributed by atoms with Gasteiger partial charge in [0.25, 0.3) is 0 Å². The van der Waals surface area contributed by atoms with Crippen LogP contribution in [0.5, 0.6) is 0 Å². The van der Waals surface area contributed by atoms with Crippen LogP contribution in [-0.4, -0.2) is 24.7 Å². The van der Waals surface area contributed by atoms with Crippen molar-refractivity contribution in [1.29, 1.82) is 0 Å². The van der Waals surface area contributed by atoms with Gasteiger partial charge in [0, 0.05) is 18.5 Å². The molecule has 0 aliphatic carbocycles. The van der Waals surface area contributed by atoms with Crippen LogP contribution in [0.25, 0.3) is 11.5 Å². The number of furan rings is 1. The Kier molecular flexibility index (Phi) is 2.96. The lowest BCUT2D eigenvalue weighted by Gasteiger charge is -2.21. The second kappa shape index (κ2) is 4.60. The number of hydrogen-bond acceptors (Lipinski definition) is 5. The van der Waals surface area contributed by atoms with E-state index in [0.29, 0.717) is 0 Å². The molecule has 3 heterocycles. The molecule has 1 aliphatic heterocycles. The Balaban J connectivity index is 1.82. The van der Waals surface area contributed by atoms with Crippen LogP contribution in [0.3, 0.4) is 0 Å². The molecule has 1 aliphatic rings. The summed E-state index contributed by atoms with van der Waals surface area (Å²) in [6.45, 7) is 4.45. The number of ether oxygens (including phenoxy) is 1. The van der Waals surface area contributed by atoms with E-state index in [2.05, 4.69) is 10.3 Å². The molecular formula is C12H14N2O2S. The maximum Gasteiger partial charge on any atom is 0.153 e. The third-order valence-corrected chi connectivity index (χ3v) is 3.65. The first-order chi connectivity index (χ1) is 8.33. The number of aromatic nitrogens is 1. The lowest BCUT2D eigenvalue weighted by Crippen LogP contribution is -2.33. The van der Waals surface area contributed by atoms with Crippen molar-refractivity contribution >= 4 is 11.3 Å². The van der Waals surface area contributed by atoms with Crippen LogP contribution in [-0.2, 0) is 4.74 Å². The van der Waals surface area contributed by atoms with Gasteiger partial charge in [0.05, 0.1) is 6.61 Å². The maximum atomic E-state index is 5.67. The Bertz CT molecular complexity index is 500. The molecule has 2 aromatic heterocycles. The lowest BCUT2D eigenvalue weighted by molar-refractivity contribution is 0.0276. The van der Waals surface area contributed by atoms with Crippen LogP contribution in [0.4, 0.5) is 0 Å². The van der Waals surface area contributed by atoms with E-state index in [1.54, 1.807) is 11.3 Å². The Morgan fingerprint density at radius 1 is 1.47 bits per heavy atom.